The number of H-pyrrole nitrogens is 1. The minimum absolute atomic E-state index is 0. The molecule has 0 spiro atoms. The molecule has 0 aliphatic rings. The van der Waals surface area contributed by atoms with Gasteiger partial charge in [0.2, 0.25) is 0 Å². The van der Waals surface area contributed by atoms with Gasteiger partial charge in [0, 0.05) is 36.2 Å². The van der Waals surface area contributed by atoms with Gasteiger partial charge >= 0.3 is 0 Å². The number of hydrogen-bond acceptors (Lipinski definition) is 2. The van der Waals surface area contributed by atoms with Crippen molar-refractivity contribution in [3.05, 3.63) is 36.0 Å². The highest BCUT2D eigenvalue weighted by Gasteiger charge is 2.07. The zero-order valence-corrected chi connectivity index (χ0v) is 21.0. The number of nitrogens with zero attached hydrogens (tertiary/aromatic N) is 2. The van der Waals surface area contributed by atoms with Crippen LogP contribution in [0.25, 0.3) is 10.9 Å². The van der Waals surface area contributed by atoms with E-state index in [1.807, 2.05) is 0 Å². The summed E-state index contributed by atoms with van der Waals surface area (Å²) >= 11 is 0. The Morgan fingerprint density at radius 1 is 1.14 bits per heavy atom. The van der Waals surface area contributed by atoms with Crippen LogP contribution in [0.3, 0.4) is 0 Å². The number of hydrogen-bond donors (Lipinski definition) is 3. The van der Waals surface area contributed by atoms with Crippen molar-refractivity contribution in [1.82, 2.24) is 20.5 Å². The minimum Gasteiger partial charge on any atom is -0.361 e. The molecule has 29 heavy (non-hydrogen) atoms. The van der Waals surface area contributed by atoms with E-state index in [2.05, 4.69) is 78.7 Å². The number of nitrogens with one attached hydrogen (secondary N) is 3. The molecule has 0 bridgehead atoms. The van der Waals surface area contributed by atoms with E-state index < -0.39 is 0 Å². The summed E-state index contributed by atoms with van der Waals surface area (Å²) in [4.78, 5) is 10.6. The molecule has 2 aromatic rings. The third-order valence-corrected chi connectivity index (χ3v) is 5.28. The smallest absolute Gasteiger partial charge is 0.191 e. The number of aryl methyl sites for hydroxylation is 1. The molecule has 2 rings (SSSR count). The zero-order valence-electron chi connectivity index (χ0n) is 18.6. The highest BCUT2D eigenvalue weighted by molar-refractivity contribution is 14.0. The normalized spacial score (nSPS) is 12.8. The van der Waals surface area contributed by atoms with Crippen LogP contribution >= 0.6 is 24.0 Å². The van der Waals surface area contributed by atoms with Gasteiger partial charge in [0.1, 0.15) is 0 Å². The number of para-hydroxylation sites is 1. The number of aromatic nitrogens is 1. The van der Waals surface area contributed by atoms with E-state index in [4.69, 9.17) is 4.99 Å². The standard InChI is InChI=1S/C23H39N5.HI/c1-5-24-23(27-19(4)12-11-17-28(6-2)7-3)25-16-10-13-20-18-26-22-15-9-8-14-21(20)22;/h8-9,14-15,18-19,26H,5-7,10-13,16-17H2,1-4H3,(H2,24,25,27);1H. The molecule has 0 aliphatic carbocycles. The summed E-state index contributed by atoms with van der Waals surface area (Å²) in [5.74, 6) is 0.941. The molecule has 0 saturated heterocycles. The molecule has 1 aromatic heterocycles. The summed E-state index contributed by atoms with van der Waals surface area (Å²) in [5, 5.41) is 8.28. The molecule has 0 radical (unpaired) electrons. The highest BCUT2D eigenvalue weighted by atomic mass is 127. The van der Waals surface area contributed by atoms with Gasteiger partial charge in [-0.3, -0.25) is 4.99 Å². The van der Waals surface area contributed by atoms with E-state index in [-0.39, 0.29) is 24.0 Å². The number of halogens is 1. The van der Waals surface area contributed by atoms with Crippen molar-refractivity contribution >= 4 is 40.8 Å². The minimum atomic E-state index is 0. The lowest BCUT2D eigenvalue weighted by Gasteiger charge is -2.21. The van der Waals surface area contributed by atoms with Crippen LogP contribution in [0.4, 0.5) is 0 Å². The van der Waals surface area contributed by atoms with Crippen LogP contribution in [0, 0.1) is 0 Å². The van der Waals surface area contributed by atoms with E-state index in [0.717, 1.165) is 51.4 Å². The van der Waals surface area contributed by atoms with E-state index in [9.17, 15) is 0 Å². The van der Waals surface area contributed by atoms with Crippen molar-refractivity contribution in [3.8, 4) is 0 Å². The van der Waals surface area contributed by atoms with Gasteiger partial charge in [-0.1, -0.05) is 32.0 Å². The number of guanidine groups is 1. The molecular formula is C23H40IN5. The fourth-order valence-corrected chi connectivity index (χ4v) is 3.59. The van der Waals surface area contributed by atoms with E-state index in [1.165, 1.54) is 29.4 Å². The molecule has 1 unspecified atom stereocenters. The topological polar surface area (TPSA) is 55.5 Å². The van der Waals surface area contributed by atoms with Gasteiger partial charge in [-0.15, -0.1) is 24.0 Å². The van der Waals surface area contributed by atoms with Crippen molar-refractivity contribution < 1.29 is 0 Å². The van der Waals surface area contributed by atoms with Gasteiger partial charge in [0.25, 0.3) is 0 Å². The molecule has 6 heteroatoms. The summed E-state index contributed by atoms with van der Waals surface area (Å²) in [7, 11) is 0. The Hall–Kier alpha value is -1.28. The fraction of sp³-hybridized carbons (Fsp3) is 0.609. The molecule has 0 aliphatic heterocycles. The maximum atomic E-state index is 4.78. The van der Waals surface area contributed by atoms with Gasteiger partial charge < -0.3 is 20.5 Å². The first-order chi connectivity index (χ1) is 13.7. The van der Waals surface area contributed by atoms with E-state index in [0.29, 0.717) is 6.04 Å². The van der Waals surface area contributed by atoms with Crippen molar-refractivity contribution in [2.24, 2.45) is 4.99 Å². The first-order valence-corrected chi connectivity index (χ1v) is 11.0. The van der Waals surface area contributed by atoms with Gasteiger partial charge in [-0.25, -0.2) is 0 Å². The second-order valence-corrected chi connectivity index (χ2v) is 7.44. The Balaban J connectivity index is 0.00000420. The van der Waals surface area contributed by atoms with Gasteiger partial charge in [-0.2, -0.15) is 0 Å². The second kappa shape index (κ2) is 14.7. The highest BCUT2D eigenvalue weighted by Crippen LogP contribution is 2.18. The summed E-state index contributed by atoms with van der Waals surface area (Å²) < 4.78 is 0. The third kappa shape index (κ3) is 8.95. The van der Waals surface area contributed by atoms with Crippen LogP contribution in [0.1, 0.15) is 52.5 Å². The zero-order chi connectivity index (χ0) is 20.2. The van der Waals surface area contributed by atoms with Crippen molar-refractivity contribution in [1.29, 1.82) is 0 Å². The monoisotopic (exact) mass is 513 g/mol. The largest absolute Gasteiger partial charge is 0.361 e. The maximum Gasteiger partial charge on any atom is 0.191 e. The van der Waals surface area contributed by atoms with Crippen LogP contribution in [-0.2, 0) is 6.42 Å². The molecule has 5 nitrogen and oxygen atoms in total. The first-order valence-electron chi connectivity index (χ1n) is 11.0. The SMILES string of the molecule is CCNC(=NCCCc1c[nH]c2ccccc12)NC(C)CCCN(CC)CC.I. The average Bonchev–Trinajstić information content (AvgIpc) is 3.12. The summed E-state index contributed by atoms with van der Waals surface area (Å²) in [6.45, 7) is 14.0. The van der Waals surface area contributed by atoms with Crippen LogP contribution < -0.4 is 10.6 Å². The van der Waals surface area contributed by atoms with Crippen LogP contribution in [0.15, 0.2) is 35.5 Å². The average molecular weight is 514 g/mol. The number of rotatable bonds is 12. The Kier molecular flexibility index (Phi) is 13.0. The fourth-order valence-electron chi connectivity index (χ4n) is 3.59. The molecule has 0 saturated carbocycles. The Morgan fingerprint density at radius 3 is 2.62 bits per heavy atom. The predicted molar refractivity (Wildman–Crippen MR) is 138 cm³/mol. The van der Waals surface area contributed by atoms with Crippen molar-refractivity contribution in [2.75, 3.05) is 32.7 Å². The third-order valence-electron chi connectivity index (χ3n) is 5.28. The number of aromatic amines is 1. The second-order valence-electron chi connectivity index (χ2n) is 7.44. The molecule has 1 atom stereocenters. The maximum absolute atomic E-state index is 4.78. The number of aliphatic imine (C=N–C) groups is 1. The molecule has 164 valence electrons. The predicted octanol–water partition coefficient (Wildman–Crippen LogP) is 4.78. The molecule has 0 fully saturated rings. The first kappa shape index (κ1) is 25.8. The molecule has 0 amide bonds. The van der Waals surface area contributed by atoms with E-state index in [1.54, 1.807) is 0 Å². The number of benzene rings is 1. The van der Waals surface area contributed by atoms with Crippen molar-refractivity contribution in [3.63, 3.8) is 0 Å². The molecule has 1 heterocycles. The Labute approximate surface area is 194 Å². The van der Waals surface area contributed by atoms with Gasteiger partial charge in [-0.05, 0) is 70.8 Å². The molecule has 3 N–H and O–H groups in total. The Morgan fingerprint density at radius 2 is 1.90 bits per heavy atom. The van der Waals surface area contributed by atoms with Crippen molar-refractivity contribution in [2.45, 2.75) is 59.4 Å². The molecular weight excluding hydrogens is 473 g/mol. The Bertz CT molecular complexity index is 708. The quantitative estimate of drug-likeness (QED) is 0.166. The van der Waals surface area contributed by atoms with Crippen LogP contribution in [0.5, 0.6) is 0 Å². The lowest BCUT2D eigenvalue weighted by molar-refractivity contribution is 0.292. The van der Waals surface area contributed by atoms with E-state index >= 15 is 0 Å². The van der Waals surface area contributed by atoms with Crippen LogP contribution in [0.2, 0.25) is 0 Å². The lowest BCUT2D eigenvalue weighted by Crippen LogP contribution is -2.42. The summed E-state index contributed by atoms with van der Waals surface area (Å²) in [6, 6.07) is 8.93. The van der Waals surface area contributed by atoms with Gasteiger partial charge in [0.05, 0.1) is 0 Å². The number of fused-ring (bicyclic) bond motifs is 1. The lowest BCUT2D eigenvalue weighted by atomic mass is 10.1. The molecule has 1 aromatic carbocycles. The summed E-state index contributed by atoms with van der Waals surface area (Å²) in [6.07, 6.45) is 6.61. The van der Waals surface area contributed by atoms with Gasteiger partial charge in [0.15, 0.2) is 5.96 Å². The van der Waals surface area contributed by atoms with Crippen LogP contribution in [-0.4, -0.2) is 54.6 Å². The summed E-state index contributed by atoms with van der Waals surface area (Å²) in [5.41, 5.74) is 2.60.